The van der Waals surface area contributed by atoms with Crippen molar-refractivity contribution in [3.05, 3.63) is 41.1 Å². The molecule has 1 aromatic heterocycles. The molecule has 4 rings (SSSR count). The van der Waals surface area contributed by atoms with Gasteiger partial charge in [-0.15, -0.1) is 0 Å². The first-order valence-corrected chi connectivity index (χ1v) is 13.3. The predicted molar refractivity (Wildman–Crippen MR) is 143 cm³/mol. The number of carbonyl (C=O) groups is 2. The summed E-state index contributed by atoms with van der Waals surface area (Å²) in [5.41, 5.74) is 0.792. The van der Waals surface area contributed by atoms with Crippen LogP contribution in [0.5, 0.6) is 0 Å². The maximum Gasteiger partial charge on any atom is 0.421 e. The van der Waals surface area contributed by atoms with Gasteiger partial charge >= 0.3 is 6.18 Å². The van der Waals surface area contributed by atoms with Gasteiger partial charge in [-0.3, -0.25) is 9.59 Å². The van der Waals surface area contributed by atoms with Gasteiger partial charge in [0.15, 0.2) is 0 Å². The van der Waals surface area contributed by atoms with Crippen LogP contribution < -0.4 is 21.3 Å². The van der Waals surface area contributed by atoms with Gasteiger partial charge in [0.1, 0.15) is 11.4 Å². The van der Waals surface area contributed by atoms with Crippen LogP contribution in [0.4, 0.5) is 30.6 Å². The van der Waals surface area contributed by atoms with Gasteiger partial charge in [-0.1, -0.05) is 12.8 Å². The summed E-state index contributed by atoms with van der Waals surface area (Å²) in [5, 5.41) is 11.5. The van der Waals surface area contributed by atoms with E-state index in [1.807, 2.05) is 0 Å². The molecule has 1 saturated heterocycles. The minimum atomic E-state index is -4.67. The van der Waals surface area contributed by atoms with Crippen molar-refractivity contribution < 1.29 is 22.8 Å². The fourth-order valence-corrected chi connectivity index (χ4v) is 5.28. The average molecular weight is 548 g/mol. The molecule has 12 heteroatoms. The number of anilines is 3. The third-order valence-electron chi connectivity index (χ3n) is 7.55. The Morgan fingerprint density at radius 2 is 1.79 bits per heavy atom. The number of aromatic nitrogens is 2. The molecule has 1 aliphatic carbocycles. The lowest BCUT2D eigenvalue weighted by atomic mass is 9.83. The zero-order chi connectivity index (χ0) is 28.2. The smallest absolute Gasteiger partial charge is 0.366 e. The molecule has 0 bridgehead atoms. The topological polar surface area (TPSA) is 111 Å². The lowest BCUT2D eigenvalue weighted by Gasteiger charge is -2.32. The van der Waals surface area contributed by atoms with E-state index in [9.17, 15) is 22.8 Å². The zero-order valence-corrected chi connectivity index (χ0v) is 22.5. The van der Waals surface area contributed by atoms with E-state index in [4.69, 9.17) is 0 Å². The molecule has 0 radical (unpaired) electrons. The Morgan fingerprint density at radius 3 is 2.46 bits per heavy atom. The van der Waals surface area contributed by atoms with Gasteiger partial charge in [-0.05, 0) is 76.5 Å². The lowest BCUT2D eigenvalue weighted by Crippen LogP contribution is -2.43. The Hall–Kier alpha value is -3.41. The lowest BCUT2D eigenvalue weighted by molar-refractivity contribution is -0.137. The van der Waals surface area contributed by atoms with Crippen LogP contribution in [-0.4, -0.2) is 66.0 Å². The number of hydrogen-bond donors (Lipinski definition) is 4. The summed E-state index contributed by atoms with van der Waals surface area (Å²) in [6, 6.07) is 4.74. The molecule has 1 saturated carbocycles. The molecule has 4 N–H and O–H groups in total. The first-order valence-electron chi connectivity index (χ1n) is 13.3. The molecule has 39 heavy (non-hydrogen) atoms. The number of aryl methyl sites for hydroxylation is 1. The Labute approximate surface area is 226 Å². The second-order valence-corrected chi connectivity index (χ2v) is 10.4. The van der Waals surface area contributed by atoms with Crippen molar-refractivity contribution in [2.45, 2.75) is 63.7 Å². The second-order valence-electron chi connectivity index (χ2n) is 10.4. The second kappa shape index (κ2) is 12.2. The largest absolute Gasteiger partial charge is 0.421 e. The molecule has 2 heterocycles. The molecule has 0 spiro atoms. The van der Waals surface area contributed by atoms with Crippen LogP contribution in [0.25, 0.3) is 0 Å². The van der Waals surface area contributed by atoms with Crippen molar-refractivity contribution >= 4 is 29.3 Å². The van der Waals surface area contributed by atoms with Gasteiger partial charge in [-0.25, -0.2) is 4.98 Å². The maximum atomic E-state index is 13.8. The number of rotatable bonds is 7. The number of piperidine rings is 1. The summed E-state index contributed by atoms with van der Waals surface area (Å²) in [7, 11) is 3.58. The minimum absolute atomic E-state index is 0.0271. The first-order chi connectivity index (χ1) is 18.5. The third-order valence-corrected chi connectivity index (χ3v) is 7.55. The third kappa shape index (κ3) is 7.17. The van der Waals surface area contributed by atoms with Crippen LogP contribution in [0, 0.1) is 12.8 Å². The van der Waals surface area contributed by atoms with Gasteiger partial charge < -0.3 is 26.2 Å². The molecule has 2 aliphatic rings. The molecule has 9 nitrogen and oxygen atoms in total. The van der Waals surface area contributed by atoms with Gasteiger partial charge in [-0.2, -0.15) is 18.2 Å². The van der Waals surface area contributed by atoms with Crippen LogP contribution in [0.3, 0.4) is 0 Å². The van der Waals surface area contributed by atoms with Crippen LogP contribution >= 0.6 is 0 Å². The highest BCUT2D eigenvalue weighted by Gasteiger charge is 2.38. The SMILES string of the molecule is CNC(=O)[C@H]1CCCC[C@H]1Nc1nc(Nc2ccc(C(=O)NC3CCN(C)CC3)c(C)c2)ncc1C(F)(F)F. The van der Waals surface area contributed by atoms with E-state index in [1.165, 1.54) is 7.05 Å². The number of halogens is 3. The highest BCUT2D eigenvalue weighted by molar-refractivity contribution is 5.96. The number of hydrogen-bond acceptors (Lipinski definition) is 7. The van der Waals surface area contributed by atoms with Crippen molar-refractivity contribution in [2.75, 3.05) is 37.8 Å². The van der Waals surface area contributed by atoms with Crippen molar-refractivity contribution in [3.63, 3.8) is 0 Å². The summed E-state index contributed by atoms with van der Waals surface area (Å²) >= 11 is 0. The minimum Gasteiger partial charge on any atom is -0.366 e. The Bertz CT molecular complexity index is 1180. The standard InChI is InChI=1S/C27H36F3N7O2/c1-16-14-18(8-9-19(16)25(39)33-17-10-12-37(3)13-11-17)34-26-32-15-21(27(28,29)30)23(36-26)35-22-7-5-4-6-20(22)24(38)31-2/h8-9,14-15,17,20,22H,4-7,10-13H2,1-3H3,(H,31,38)(H,33,39)(H2,32,34,35,36)/t20-,22+/m0/s1. The highest BCUT2D eigenvalue weighted by atomic mass is 19.4. The van der Waals surface area contributed by atoms with E-state index in [0.29, 0.717) is 29.7 Å². The molecular formula is C27H36F3N7O2. The van der Waals surface area contributed by atoms with Crippen LogP contribution in [0.15, 0.2) is 24.4 Å². The van der Waals surface area contributed by atoms with E-state index in [0.717, 1.165) is 45.0 Å². The van der Waals surface area contributed by atoms with Gasteiger partial charge in [0.05, 0.1) is 5.92 Å². The quantitative estimate of drug-likeness (QED) is 0.413. The van der Waals surface area contributed by atoms with E-state index in [1.54, 1.807) is 25.1 Å². The highest BCUT2D eigenvalue weighted by Crippen LogP contribution is 2.36. The molecule has 0 unspecified atom stereocenters. The number of alkyl halides is 3. The van der Waals surface area contributed by atoms with Crippen molar-refractivity contribution in [1.82, 2.24) is 25.5 Å². The van der Waals surface area contributed by atoms with Crippen molar-refractivity contribution in [2.24, 2.45) is 5.92 Å². The number of carbonyl (C=O) groups excluding carboxylic acids is 2. The van der Waals surface area contributed by atoms with Gasteiger partial charge in [0.2, 0.25) is 11.9 Å². The average Bonchev–Trinajstić information content (AvgIpc) is 2.89. The molecule has 1 aromatic carbocycles. The van der Waals surface area contributed by atoms with E-state index >= 15 is 0 Å². The summed E-state index contributed by atoms with van der Waals surface area (Å²) in [6.07, 6.45) is 0.655. The zero-order valence-electron chi connectivity index (χ0n) is 22.5. The van der Waals surface area contributed by atoms with Crippen LogP contribution in [0.1, 0.15) is 60.0 Å². The van der Waals surface area contributed by atoms with Crippen LogP contribution in [0.2, 0.25) is 0 Å². The van der Waals surface area contributed by atoms with Crippen molar-refractivity contribution in [3.8, 4) is 0 Å². The number of benzene rings is 1. The fourth-order valence-electron chi connectivity index (χ4n) is 5.28. The van der Waals surface area contributed by atoms with Crippen LogP contribution in [-0.2, 0) is 11.0 Å². The summed E-state index contributed by atoms with van der Waals surface area (Å²) in [4.78, 5) is 35.4. The normalized spacial score (nSPS) is 20.8. The molecule has 2 amide bonds. The number of nitrogens with one attached hydrogen (secondary N) is 4. The Balaban J connectivity index is 1.50. The summed E-state index contributed by atoms with van der Waals surface area (Å²) in [6.45, 7) is 3.67. The first kappa shape index (κ1) is 28.6. The molecule has 2 atom stereocenters. The number of likely N-dealkylation sites (tertiary alicyclic amines) is 1. The van der Waals surface area contributed by atoms with E-state index < -0.39 is 23.7 Å². The Morgan fingerprint density at radius 1 is 1.08 bits per heavy atom. The fraction of sp³-hybridized carbons (Fsp3) is 0.556. The maximum absolute atomic E-state index is 13.8. The molecule has 212 valence electrons. The molecule has 2 aromatic rings. The Kier molecular flexibility index (Phi) is 8.94. The van der Waals surface area contributed by atoms with Gasteiger partial charge in [0.25, 0.3) is 5.91 Å². The van der Waals surface area contributed by atoms with E-state index in [2.05, 4.69) is 43.2 Å². The summed E-state index contributed by atoms with van der Waals surface area (Å²) in [5.74, 6) is -1.20. The summed E-state index contributed by atoms with van der Waals surface area (Å²) < 4.78 is 41.4. The molecule has 1 aliphatic heterocycles. The number of amides is 2. The predicted octanol–water partition coefficient (Wildman–Crippen LogP) is 4.09. The number of nitrogens with zero attached hydrogens (tertiary/aromatic N) is 3. The van der Waals surface area contributed by atoms with E-state index in [-0.39, 0.29) is 29.6 Å². The molecule has 2 fully saturated rings. The monoisotopic (exact) mass is 547 g/mol. The molecular weight excluding hydrogens is 511 g/mol. The van der Waals surface area contributed by atoms with Crippen molar-refractivity contribution in [1.29, 1.82) is 0 Å². The van der Waals surface area contributed by atoms with Gasteiger partial charge in [0, 0.05) is 36.6 Å².